The van der Waals surface area contributed by atoms with Crippen LogP contribution in [0.2, 0.25) is 10.0 Å². The van der Waals surface area contributed by atoms with Gasteiger partial charge in [0.1, 0.15) is 0 Å². The summed E-state index contributed by atoms with van der Waals surface area (Å²) in [5.41, 5.74) is -4.34. The zero-order chi connectivity index (χ0) is 10.1. The van der Waals surface area contributed by atoms with Crippen molar-refractivity contribution in [1.29, 1.82) is 0 Å². The van der Waals surface area contributed by atoms with Crippen molar-refractivity contribution in [3.05, 3.63) is 28.2 Å². The molecule has 0 aliphatic heterocycles. The molecule has 0 radical (unpaired) electrons. The summed E-state index contributed by atoms with van der Waals surface area (Å²) < 4.78 is 35.7. The molecule has 0 spiro atoms. The van der Waals surface area contributed by atoms with E-state index in [2.05, 4.69) is 0 Å². The largest absolute Gasteiger partial charge is 0.446 e. The van der Waals surface area contributed by atoms with Gasteiger partial charge in [0.15, 0.2) is 0 Å². The number of halogens is 5. The normalized spacial score (nSPS) is 11.8. The molecule has 13 heavy (non-hydrogen) atoms. The monoisotopic (exact) mass is 246 g/mol. The molecular formula is C7H3Cl2F3S. The molecule has 1 aromatic carbocycles. The van der Waals surface area contributed by atoms with Gasteiger partial charge < -0.3 is 0 Å². The van der Waals surface area contributed by atoms with E-state index in [4.69, 9.17) is 23.2 Å². The Labute approximate surface area is 87.0 Å². The summed E-state index contributed by atoms with van der Waals surface area (Å²) >= 11 is 10.8. The fraction of sp³-hybridized carbons (Fsp3) is 0.143. The summed E-state index contributed by atoms with van der Waals surface area (Å²) in [4.78, 5) is -0.0818. The smallest absolute Gasteiger partial charge is 0.160 e. The standard InChI is InChI=1S/C7H3Cl2F3S/c8-4-2-1-3-5(6(4)9)13-7(10,11)12/h1-3H. The third kappa shape index (κ3) is 3.29. The summed E-state index contributed by atoms with van der Waals surface area (Å²) in [6, 6.07) is 4.12. The molecule has 0 amide bonds. The first kappa shape index (κ1) is 11.0. The lowest BCUT2D eigenvalue weighted by molar-refractivity contribution is -0.0328. The van der Waals surface area contributed by atoms with Crippen LogP contribution in [-0.4, -0.2) is 5.51 Å². The van der Waals surface area contributed by atoms with Crippen LogP contribution in [0.1, 0.15) is 0 Å². The lowest BCUT2D eigenvalue weighted by atomic mass is 10.4. The van der Waals surface area contributed by atoms with Crippen LogP contribution in [0.4, 0.5) is 13.2 Å². The summed E-state index contributed by atoms with van der Waals surface area (Å²) in [5.74, 6) is 0. The van der Waals surface area contributed by atoms with Crippen LogP contribution in [0.15, 0.2) is 23.1 Å². The van der Waals surface area contributed by atoms with Crippen molar-refractivity contribution in [3.8, 4) is 0 Å². The zero-order valence-electron chi connectivity index (χ0n) is 6.03. The van der Waals surface area contributed by atoms with Gasteiger partial charge in [0.05, 0.1) is 10.0 Å². The van der Waals surface area contributed by atoms with Gasteiger partial charge in [-0.05, 0) is 23.9 Å². The number of hydrogen-bond donors (Lipinski definition) is 0. The topological polar surface area (TPSA) is 0 Å². The van der Waals surface area contributed by atoms with E-state index in [0.29, 0.717) is 0 Å². The van der Waals surface area contributed by atoms with Crippen molar-refractivity contribution in [2.45, 2.75) is 10.4 Å². The fourth-order valence-corrected chi connectivity index (χ4v) is 1.76. The van der Waals surface area contributed by atoms with E-state index >= 15 is 0 Å². The van der Waals surface area contributed by atoms with Crippen molar-refractivity contribution >= 4 is 35.0 Å². The molecule has 1 aromatic rings. The molecule has 0 fully saturated rings. The van der Waals surface area contributed by atoms with Gasteiger partial charge in [0, 0.05) is 4.90 Å². The van der Waals surface area contributed by atoms with Crippen LogP contribution in [0.25, 0.3) is 0 Å². The molecule has 0 aliphatic rings. The second-order valence-electron chi connectivity index (χ2n) is 2.10. The lowest BCUT2D eigenvalue weighted by Crippen LogP contribution is -1.99. The highest BCUT2D eigenvalue weighted by Crippen LogP contribution is 2.42. The first-order valence-corrected chi connectivity index (χ1v) is 4.67. The number of hydrogen-bond acceptors (Lipinski definition) is 1. The molecular weight excluding hydrogens is 244 g/mol. The predicted molar refractivity (Wildman–Crippen MR) is 48.4 cm³/mol. The minimum atomic E-state index is -4.34. The van der Waals surface area contributed by atoms with Crippen molar-refractivity contribution in [3.63, 3.8) is 0 Å². The molecule has 0 saturated heterocycles. The van der Waals surface area contributed by atoms with E-state index in [1.54, 1.807) is 0 Å². The summed E-state index contributed by atoms with van der Waals surface area (Å²) in [6.07, 6.45) is 0. The third-order valence-electron chi connectivity index (χ3n) is 1.14. The van der Waals surface area contributed by atoms with Crippen molar-refractivity contribution < 1.29 is 13.2 Å². The highest BCUT2D eigenvalue weighted by Gasteiger charge is 2.30. The lowest BCUT2D eigenvalue weighted by Gasteiger charge is -2.07. The van der Waals surface area contributed by atoms with Gasteiger partial charge in [0.25, 0.3) is 0 Å². The second kappa shape index (κ2) is 3.98. The number of thioether (sulfide) groups is 1. The molecule has 0 heterocycles. The van der Waals surface area contributed by atoms with E-state index in [0.717, 1.165) is 0 Å². The maximum absolute atomic E-state index is 11.9. The molecule has 0 nitrogen and oxygen atoms in total. The molecule has 0 aromatic heterocycles. The van der Waals surface area contributed by atoms with Gasteiger partial charge in [-0.3, -0.25) is 0 Å². The van der Waals surface area contributed by atoms with Crippen LogP contribution in [0.5, 0.6) is 0 Å². The molecule has 0 atom stereocenters. The Hall–Kier alpha value is -0.0600. The average molecular weight is 247 g/mol. The molecule has 6 heteroatoms. The second-order valence-corrected chi connectivity index (χ2v) is 3.99. The van der Waals surface area contributed by atoms with Crippen molar-refractivity contribution in [1.82, 2.24) is 0 Å². The molecule has 1 rings (SSSR count). The molecule has 0 saturated carbocycles. The zero-order valence-corrected chi connectivity index (χ0v) is 8.36. The maximum Gasteiger partial charge on any atom is 0.446 e. The Balaban J connectivity index is 2.96. The Morgan fingerprint density at radius 3 is 2.31 bits per heavy atom. The maximum atomic E-state index is 11.9. The molecule has 72 valence electrons. The first-order chi connectivity index (χ1) is 5.90. The molecule has 0 unspecified atom stereocenters. The minimum Gasteiger partial charge on any atom is -0.160 e. The molecule has 0 bridgehead atoms. The van der Waals surface area contributed by atoms with Gasteiger partial charge in [-0.1, -0.05) is 29.3 Å². The first-order valence-electron chi connectivity index (χ1n) is 3.10. The predicted octanol–water partition coefficient (Wildman–Crippen LogP) is 4.61. The number of alkyl halides is 3. The van der Waals surface area contributed by atoms with E-state index in [1.165, 1.54) is 18.2 Å². The van der Waals surface area contributed by atoms with Crippen LogP contribution >= 0.6 is 35.0 Å². The number of rotatable bonds is 1. The SMILES string of the molecule is FC(F)(F)Sc1cccc(Cl)c1Cl. The van der Waals surface area contributed by atoms with Crippen LogP contribution in [0.3, 0.4) is 0 Å². The highest BCUT2D eigenvalue weighted by atomic mass is 35.5. The quantitative estimate of drug-likeness (QED) is 0.653. The van der Waals surface area contributed by atoms with Crippen molar-refractivity contribution in [2.24, 2.45) is 0 Å². The summed E-state index contributed by atoms with van der Waals surface area (Å²) in [6.45, 7) is 0. The van der Waals surface area contributed by atoms with Gasteiger partial charge in [0.2, 0.25) is 0 Å². The van der Waals surface area contributed by atoms with E-state index in [9.17, 15) is 13.2 Å². The Kier molecular flexibility index (Phi) is 3.38. The molecule has 0 N–H and O–H groups in total. The van der Waals surface area contributed by atoms with E-state index in [1.807, 2.05) is 0 Å². The van der Waals surface area contributed by atoms with E-state index in [-0.39, 0.29) is 26.7 Å². The van der Waals surface area contributed by atoms with Crippen LogP contribution < -0.4 is 0 Å². The van der Waals surface area contributed by atoms with Gasteiger partial charge in [-0.25, -0.2) is 0 Å². The van der Waals surface area contributed by atoms with Crippen LogP contribution in [-0.2, 0) is 0 Å². The van der Waals surface area contributed by atoms with Gasteiger partial charge >= 0.3 is 5.51 Å². The molecule has 0 aliphatic carbocycles. The van der Waals surface area contributed by atoms with Gasteiger partial charge in [-0.15, -0.1) is 0 Å². The summed E-state index contributed by atoms with van der Waals surface area (Å²) in [7, 11) is 0. The Bertz CT molecular complexity index is 311. The minimum absolute atomic E-state index is 0.0634. The van der Waals surface area contributed by atoms with Gasteiger partial charge in [-0.2, -0.15) is 13.2 Å². The summed E-state index contributed by atoms with van der Waals surface area (Å²) in [5, 5.41) is 0.0578. The average Bonchev–Trinajstić information content (AvgIpc) is 1.96. The Morgan fingerprint density at radius 1 is 1.15 bits per heavy atom. The third-order valence-corrected chi connectivity index (χ3v) is 2.86. The van der Waals surface area contributed by atoms with Crippen molar-refractivity contribution in [2.75, 3.05) is 0 Å². The fourth-order valence-electron chi connectivity index (χ4n) is 0.688. The highest BCUT2D eigenvalue weighted by molar-refractivity contribution is 8.00. The van der Waals surface area contributed by atoms with E-state index < -0.39 is 5.51 Å². The number of benzene rings is 1. The van der Waals surface area contributed by atoms with Crippen LogP contribution in [0, 0.1) is 0 Å². The Morgan fingerprint density at radius 2 is 1.77 bits per heavy atom.